The normalized spacial score (nSPS) is 19.7. The molecule has 1 saturated heterocycles. The van der Waals surface area contributed by atoms with Crippen molar-refractivity contribution in [3.8, 4) is 0 Å². The fourth-order valence-corrected chi connectivity index (χ4v) is 3.60. The van der Waals surface area contributed by atoms with Crippen LogP contribution in [0.5, 0.6) is 0 Å². The number of aliphatic imine (C=N–C) groups is 1. The SMILES string of the molecule is CCNC(=NCCCNC(=O)c1occc1C)N1CCC(N2CC=CC2)C1.I. The van der Waals surface area contributed by atoms with E-state index in [-0.39, 0.29) is 29.9 Å². The summed E-state index contributed by atoms with van der Waals surface area (Å²) < 4.78 is 5.21. The third-order valence-corrected chi connectivity index (χ3v) is 5.11. The lowest BCUT2D eigenvalue weighted by molar-refractivity contribution is 0.0925. The van der Waals surface area contributed by atoms with Crippen molar-refractivity contribution in [3.63, 3.8) is 0 Å². The number of carbonyl (C=O) groups is 1. The highest BCUT2D eigenvalue weighted by Gasteiger charge is 2.29. The van der Waals surface area contributed by atoms with Crippen molar-refractivity contribution >= 4 is 35.8 Å². The minimum atomic E-state index is -0.157. The van der Waals surface area contributed by atoms with Crippen molar-refractivity contribution in [1.82, 2.24) is 20.4 Å². The Morgan fingerprint density at radius 1 is 1.32 bits per heavy atom. The van der Waals surface area contributed by atoms with E-state index in [9.17, 15) is 4.79 Å². The van der Waals surface area contributed by atoms with Crippen LogP contribution in [0.25, 0.3) is 0 Å². The van der Waals surface area contributed by atoms with E-state index in [1.807, 2.05) is 6.92 Å². The first kappa shape index (κ1) is 22.7. The largest absolute Gasteiger partial charge is 0.459 e. The van der Waals surface area contributed by atoms with Crippen molar-refractivity contribution in [2.45, 2.75) is 32.7 Å². The molecule has 28 heavy (non-hydrogen) atoms. The Kier molecular flexibility index (Phi) is 9.30. The third kappa shape index (κ3) is 5.97. The van der Waals surface area contributed by atoms with Crippen LogP contribution in [0.2, 0.25) is 0 Å². The van der Waals surface area contributed by atoms with E-state index >= 15 is 0 Å². The fourth-order valence-electron chi connectivity index (χ4n) is 3.60. The number of rotatable bonds is 7. The molecule has 0 aliphatic carbocycles. The second-order valence-electron chi connectivity index (χ2n) is 7.09. The summed E-state index contributed by atoms with van der Waals surface area (Å²) in [6.07, 6.45) is 8.03. The molecule has 2 aliphatic heterocycles. The Morgan fingerprint density at radius 2 is 2.11 bits per heavy atom. The van der Waals surface area contributed by atoms with Crippen LogP contribution < -0.4 is 10.6 Å². The van der Waals surface area contributed by atoms with E-state index in [0.717, 1.165) is 50.7 Å². The smallest absolute Gasteiger partial charge is 0.287 e. The van der Waals surface area contributed by atoms with Crippen LogP contribution in [0.1, 0.15) is 35.9 Å². The van der Waals surface area contributed by atoms with E-state index in [2.05, 4.69) is 39.5 Å². The highest BCUT2D eigenvalue weighted by Crippen LogP contribution is 2.18. The summed E-state index contributed by atoms with van der Waals surface area (Å²) in [5.41, 5.74) is 0.858. The summed E-state index contributed by atoms with van der Waals surface area (Å²) in [5.74, 6) is 1.22. The first-order chi connectivity index (χ1) is 13.2. The second kappa shape index (κ2) is 11.5. The van der Waals surface area contributed by atoms with Gasteiger partial charge in [-0.25, -0.2) is 0 Å². The molecule has 0 bridgehead atoms. The van der Waals surface area contributed by atoms with Gasteiger partial charge in [-0.1, -0.05) is 12.2 Å². The fraction of sp³-hybridized carbons (Fsp3) is 0.600. The van der Waals surface area contributed by atoms with Crippen LogP contribution in [-0.4, -0.2) is 73.5 Å². The van der Waals surface area contributed by atoms with E-state index in [1.165, 1.54) is 6.42 Å². The molecule has 0 radical (unpaired) electrons. The van der Waals surface area contributed by atoms with Gasteiger partial charge < -0.3 is 20.0 Å². The zero-order valence-corrected chi connectivity index (χ0v) is 19.1. The lowest BCUT2D eigenvalue weighted by Gasteiger charge is -2.25. The molecule has 0 aromatic carbocycles. The molecule has 8 heteroatoms. The maximum atomic E-state index is 12.0. The molecule has 1 aromatic heterocycles. The number of carbonyl (C=O) groups excluding carboxylic acids is 1. The van der Waals surface area contributed by atoms with Crippen LogP contribution in [0.4, 0.5) is 0 Å². The van der Waals surface area contributed by atoms with Gasteiger partial charge in [-0.3, -0.25) is 14.7 Å². The average Bonchev–Trinajstić information content (AvgIpc) is 3.41. The van der Waals surface area contributed by atoms with Gasteiger partial charge in [-0.15, -0.1) is 24.0 Å². The Labute approximate surface area is 184 Å². The number of furan rings is 1. The van der Waals surface area contributed by atoms with E-state index in [0.29, 0.717) is 24.9 Å². The summed E-state index contributed by atoms with van der Waals surface area (Å²) in [4.78, 5) is 21.7. The Balaban J connectivity index is 0.00000280. The molecule has 1 unspecified atom stereocenters. The molecule has 0 saturated carbocycles. The molecule has 1 aromatic rings. The van der Waals surface area contributed by atoms with Gasteiger partial charge in [-0.05, 0) is 32.8 Å². The van der Waals surface area contributed by atoms with Crippen molar-refractivity contribution in [2.75, 3.05) is 45.8 Å². The van der Waals surface area contributed by atoms with Gasteiger partial charge in [0.05, 0.1) is 6.26 Å². The predicted molar refractivity (Wildman–Crippen MR) is 122 cm³/mol. The summed E-state index contributed by atoms with van der Waals surface area (Å²) in [6.45, 7) is 10.3. The van der Waals surface area contributed by atoms with Crippen molar-refractivity contribution < 1.29 is 9.21 Å². The maximum Gasteiger partial charge on any atom is 0.287 e. The molecule has 1 amide bonds. The third-order valence-electron chi connectivity index (χ3n) is 5.11. The number of aryl methyl sites for hydroxylation is 1. The first-order valence-electron chi connectivity index (χ1n) is 9.93. The molecular weight excluding hydrogens is 469 g/mol. The van der Waals surface area contributed by atoms with Crippen molar-refractivity contribution in [3.05, 3.63) is 35.8 Å². The van der Waals surface area contributed by atoms with Crippen LogP contribution >= 0.6 is 24.0 Å². The maximum absolute atomic E-state index is 12.0. The van der Waals surface area contributed by atoms with Gasteiger partial charge in [0.2, 0.25) is 0 Å². The number of nitrogens with zero attached hydrogens (tertiary/aromatic N) is 3. The standard InChI is InChI=1S/C20H31N5O2.HI/c1-3-21-20(25-13-7-17(15-25)24-11-4-5-12-24)23-10-6-9-22-19(26)18-16(2)8-14-27-18;/h4-5,8,14,17H,3,6-7,9-13,15H2,1-2H3,(H,21,23)(H,22,26);1H. The highest BCUT2D eigenvalue weighted by molar-refractivity contribution is 14.0. The molecule has 156 valence electrons. The Bertz CT molecular complexity index is 680. The number of hydrogen-bond acceptors (Lipinski definition) is 4. The second-order valence-corrected chi connectivity index (χ2v) is 7.09. The van der Waals surface area contributed by atoms with Gasteiger partial charge in [0.1, 0.15) is 0 Å². The zero-order valence-electron chi connectivity index (χ0n) is 16.8. The van der Waals surface area contributed by atoms with Crippen molar-refractivity contribution in [2.24, 2.45) is 4.99 Å². The number of amides is 1. The zero-order chi connectivity index (χ0) is 19.1. The lowest BCUT2D eigenvalue weighted by atomic mass is 10.2. The lowest BCUT2D eigenvalue weighted by Crippen LogP contribution is -2.43. The average molecular weight is 501 g/mol. The van der Waals surface area contributed by atoms with Crippen molar-refractivity contribution in [1.29, 1.82) is 0 Å². The van der Waals surface area contributed by atoms with Gasteiger partial charge in [0, 0.05) is 57.4 Å². The van der Waals surface area contributed by atoms with Gasteiger partial charge in [0.25, 0.3) is 5.91 Å². The summed E-state index contributed by atoms with van der Waals surface area (Å²) >= 11 is 0. The van der Waals surface area contributed by atoms with Gasteiger partial charge in [-0.2, -0.15) is 0 Å². The van der Waals surface area contributed by atoms with E-state index in [1.54, 1.807) is 12.3 Å². The highest BCUT2D eigenvalue weighted by atomic mass is 127. The van der Waals surface area contributed by atoms with Gasteiger partial charge in [0.15, 0.2) is 11.7 Å². The molecule has 1 fully saturated rings. The first-order valence-corrected chi connectivity index (χ1v) is 9.93. The van der Waals surface area contributed by atoms with Crippen LogP contribution in [0, 0.1) is 6.92 Å². The van der Waals surface area contributed by atoms with E-state index < -0.39 is 0 Å². The number of likely N-dealkylation sites (tertiary alicyclic amines) is 1. The molecule has 2 N–H and O–H groups in total. The molecule has 0 spiro atoms. The summed E-state index contributed by atoms with van der Waals surface area (Å²) in [7, 11) is 0. The quantitative estimate of drug-likeness (QED) is 0.197. The van der Waals surface area contributed by atoms with Gasteiger partial charge >= 0.3 is 0 Å². The molecule has 3 rings (SSSR count). The molecule has 2 aliphatic rings. The number of guanidine groups is 1. The monoisotopic (exact) mass is 501 g/mol. The van der Waals surface area contributed by atoms with Crippen LogP contribution in [0.15, 0.2) is 33.9 Å². The summed E-state index contributed by atoms with van der Waals surface area (Å²) in [6, 6.07) is 2.41. The Hall–Kier alpha value is -1.55. The number of nitrogens with one attached hydrogen (secondary N) is 2. The predicted octanol–water partition coefficient (Wildman–Crippen LogP) is 2.24. The molecular formula is C20H32IN5O2. The molecule has 7 nitrogen and oxygen atoms in total. The minimum Gasteiger partial charge on any atom is -0.459 e. The van der Waals surface area contributed by atoms with Crippen LogP contribution in [0.3, 0.4) is 0 Å². The Morgan fingerprint density at radius 3 is 2.79 bits per heavy atom. The van der Waals surface area contributed by atoms with E-state index in [4.69, 9.17) is 9.41 Å². The topological polar surface area (TPSA) is 73.1 Å². The van der Waals surface area contributed by atoms with Crippen LogP contribution in [-0.2, 0) is 0 Å². The number of hydrogen-bond donors (Lipinski definition) is 2. The minimum absolute atomic E-state index is 0. The molecule has 1 atom stereocenters. The molecule has 3 heterocycles. The summed E-state index contributed by atoms with van der Waals surface area (Å²) in [5, 5.41) is 6.30. The number of halogens is 1.